The third kappa shape index (κ3) is 7.16. The highest BCUT2D eigenvalue weighted by Crippen LogP contribution is 2.26. The highest BCUT2D eigenvalue weighted by Gasteiger charge is 2.26. The Bertz CT molecular complexity index is 1360. The van der Waals surface area contributed by atoms with Gasteiger partial charge in [0.2, 0.25) is 10.0 Å². The molecule has 0 heterocycles. The number of nitro groups is 1. The van der Waals surface area contributed by atoms with Gasteiger partial charge >= 0.3 is 0 Å². The van der Waals surface area contributed by atoms with Crippen molar-refractivity contribution in [3.05, 3.63) is 106 Å². The molecule has 0 aliphatic rings. The first kappa shape index (κ1) is 27.4. The summed E-state index contributed by atoms with van der Waals surface area (Å²) in [6, 6.07) is 20.4. The highest BCUT2D eigenvalue weighted by atomic mass is 32.2. The van der Waals surface area contributed by atoms with Crippen molar-refractivity contribution in [2.24, 2.45) is 4.40 Å². The third-order valence-corrected chi connectivity index (χ3v) is 8.28. The van der Waals surface area contributed by atoms with Crippen molar-refractivity contribution in [3.8, 4) is 0 Å². The van der Waals surface area contributed by atoms with E-state index in [2.05, 4.69) is 9.12 Å². The van der Waals surface area contributed by atoms with E-state index in [0.29, 0.717) is 16.8 Å². The molecule has 1 N–H and O–H groups in total. The molecule has 2 atom stereocenters. The van der Waals surface area contributed by atoms with E-state index in [1.807, 2.05) is 58.0 Å². The Morgan fingerprint density at radius 3 is 2.11 bits per heavy atom. The fourth-order valence-electron chi connectivity index (χ4n) is 3.30. The van der Waals surface area contributed by atoms with Crippen molar-refractivity contribution in [1.29, 1.82) is 0 Å². The van der Waals surface area contributed by atoms with Crippen molar-refractivity contribution < 1.29 is 17.6 Å². The molecule has 0 bridgehead atoms. The number of aryl methyl sites for hydroxylation is 1. The molecule has 10 heteroatoms. The van der Waals surface area contributed by atoms with Crippen LogP contribution in [-0.2, 0) is 21.0 Å². The van der Waals surface area contributed by atoms with E-state index in [9.17, 15) is 22.7 Å². The van der Waals surface area contributed by atoms with Gasteiger partial charge in [-0.25, -0.2) is 17.3 Å². The Balaban J connectivity index is 2.08. The average molecular weight is 528 g/mol. The van der Waals surface area contributed by atoms with Crippen LogP contribution in [0, 0.1) is 17.0 Å². The number of sulfonamides is 1. The van der Waals surface area contributed by atoms with Crippen LogP contribution >= 0.6 is 0 Å². The van der Waals surface area contributed by atoms with Crippen molar-refractivity contribution in [2.45, 2.75) is 49.8 Å². The lowest BCUT2D eigenvalue weighted by molar-refractivity contribution is -0.384. The van der Waals surface area contributed by atoms with Crippen molar-refractivity contribution in [2.75, 3.05) is 0 Å². The second kappa shape index (κ2) is 11.2. The normalized spacial score (nSPS) is 14.3. The third-order valence-electron chi connectivity index (χ3n) is 5.36. The number of hydrogen-bond donors (Lipinski definition) is 1. The van der Waals surface area contributed by atoms with Crippen LogP contribution in [0.5, 0.6) is 0 Å². The maximum absolute atomic E-state index is 13.3. The predicted octanol–water partition coefficient (Wildman–Crippen LogP) is 5.26. The molecule has 36 heavy (non-hydrogen) atoms. The van der Waals surface area contributed by atoms with Crippen LogP contribution in [0.3, 0.4) is 0 Å². The Hall–Kier alpha value is -3.21. The minimum atomic E-state index is -3.95. The second-order valence-corrected chi connectivity index (χ2v) is 12.9. The van der Waals surface area contributed by atoms with Gasteiger partial charge in [0.25, 0.3) is 5.69 Å². The minimum absolute atomic E-state index is 0.0781. The number of nitro benzene ring substituents is 1. The monoisotopic (exact) mass is 527 g/mol. The summed E-state index contributed by atoms with van der Waals surface area (Å²) >= 11 is 0. The summed E-state index contributed by atoms with van der Waals surface area (Å²) in [5.74, 6) is 0. The van der Waals surface area contributed by atoms with Gasteiger partial charge in [-0.1, -0.05) is 60.2 Å². The van der Waals surface area contributed by atoms with E-state index >= 15 is 0 Å². The number of hydrogen-bond acceptors (Lipinski definition) is 5. The average Bonchev–Trinajstić information content (AvgIpc) is 2.83. The summed E-state index contributed by atoms with van der Waals surface area (Å²) in [5.41, 5.74) is 2.49. The van der Waals surface area contributed by atoms with Gasteiger partial charge < -0.3 is 0 Å². The highest BCUT2D eigenvalue weighted by molar-refractivity contribution is 7.89. The first-order valence-electron chi connectivity index (χ1n) is 11.2. The fraction of sp³-hybridized carbons (Fsp3) is 0.269. The van der Waals surface area contributed by atoms with Crippen molar-refractivity contribution in [3.63, 3.8) is 0 Å². The van der Waals surface area contributed by atoms with Crippen LogP contribution < -0.4 is 4.72 Å². The summed E-state index contributed by atoms with van der Waals surface area (Å²) in [5, 5.41) is 11.1. The zero-order chi connectivity index (χ0) is 26.5. The molecule has 3 rings (SSSR count). The number of benzene rings is 3. The SMILES string of the molecule is Cc1ccc(S(=O)(=O)N[C@@H](C/C(=N/[S@](=O)C(C)(C)C)c2ccccc2)c2ccc([N+](=O)[O-])cc2)cc1. The van der Waals surface area contributed by atoms with Crippen LogP contribution in [0.4, 0.5) is 5.69 Å². The summed E-state index contributed by atoms with van der Waals surface area (Å²) in [7, 11) is -5.54. The van der Waals surface area contributed by atoms with Crippen molar-refractivity contribution in [1.82, 2.24) is 4.72 Å². The Labute approximate surface area is 214 Å². The van der Waals surface area contributed by atoms with Gasteiger partial charge in [0, 0.05) is 18.6 Å². The van der Waals surface area contributed by atoms with Crippen LogP contribution in [0.2, 0.25) is 0 Å². The Morgan fingerprint density at radius 2 is 1.58 bits per heavy atom. The van der Waals surface area contributed by atoms with E-state index in [0.717, 1.165) is 5.56 Å². The largest absolute Gasteiger partial charge is 0.269 e. The summed E-state index contributed by atoms with van der Waals surface area (Å²) in [6.07, 6.45) is 0.0781. The van der Waals surface area contributed by atoms with E-state index in [1.54, 1.807) is 12.1 Å². The van der Waals surface area contributed by atoms with Gasteiger partial charge in [-0.05, 0) is 51.0 Å². The predicted molar refractivity (Wildman–Crippen MR) is 143 cm³/mol. The summed E-state index contributed by atoms with van der Waals surface area (Å²) in [6.45, 7) is 7.29. The van der Waals surface area contributed by atoms with Gasteiger partial charge in [0.1, 0.15) is 11.0 Å². The molecule has 0 radical (unpaired) electrons. The van der Waals surface area contributed by atoms with E-state index in [1.165, 1.54) is 36.4 Å². The Morgan fingerprint density at radius 1 is 1.00 bits per heavy atom. The lowest BCUT2D eigenvalue weighted by atomic mass is 9.98. The van der Waals surface area contributed by atoms with Gasteiger partial charge in [0.15, 0.2) is 0 Å². The molecule has 0 fully saturated rings. The molecule has 0 aliphatic carbocycles. The molecule has 3 aromatic rings. The molecule has 0 amide bonds. The van der Waals surface area contributed by atoms with E-state index < -0.39 is 36.7 Å². The first-order chi connectivity index (χ1) is 16.9. The van der Waals surface area contributed by atoms with Crippen LogP contribution in [0.25, 0.3) is 0 Å². The molecule has 0 saturated heterocycles. The molecule has 0 saturated carbocycles. The summed E-state index contributed by atoms with van der Waals surface area (Å²) in [4.78, 5) is 10.7. The number of nitrogens with zero attached hydrogens (tertiary/aromatic N) is 2. The summed E-state index contributed by atoms with van der Waals surface area (Å²) < 4.78 is 46.1. The molecule has 0 aromatic heterocycles. The smallest absolute Gasteiger partial charge is 0.258 e. The minimum Gasteiger partial charge on any atom is -0.258 e. The second-order valence-electron chi connectivity index (χ2n) is 9.31. The lowest BCUT2D eigenvalue weighted by Crippen LogP contribution is -2.31. The molecule has 190 valence electrons. The van der Waals surface area contributed by atoms with Gasteiger partial charge in [-0.2, -0.15) is 4.40 Å². The van der Waals surface area contributed by atoms with E-state index in [-0.39, 0.29) is 17.0 Å². The van der Waals surface area contributed by atoms with Crippen LogP contribution in [-0.4, -0.2) is 28.0 Å². The maximum atomic E-state index is 13.3. The van der Waals surface area contributed by atoms with Gasteiger partial charge in [0.05, 0.1) is 26.3 Å². The number of rotatable bonds is 9. The molecule has 0 spiro atoms. The Kier molecular flexibility index (Phi) is 8.55. The molecule has 3 aromatic carbocycles. The van der Waals surface area contributed by atoms with Crippen LogP contribution in [0.15, 0.2) is 88.2 Å². The fourth-order valence-corrected chi connectivity index (χ4v) is 5.18. The van der Waals surface area contributed by atoms with Crippen LogP contribution in [0.1, 0.15) is 49.9 Å². The number of nitrogens with one attached hydrogen (secondary N) is 1. The molecule has 8 nitrogen and oxygen atoms in total. The molecular weight excluding hydrogens is 498 g/mol. The quantitative estimate of drug-likeness (QED) is 0.231. The van der Waals surface area contributed by atoms with Gasteiger partial charge in [-0.15, -0.1) is 0 Å². The van der Waals surface area contributed by atoms with Crippen molar-refractivity contribution >= 4 is 32.4 Å². The van der Waals surface area contributed by atoms with Gasteiger partial charge in [-0.3, -0.25) is 10.1 Å². The standard InChI is InChI=1S/C26H29N3O5S2/c1-19-10-16-23(17-11-19)36(33,34)28-25(21-12-14-22(15-13-21)29(30)31)18-24(20-8-6-5-7-9-20)27-35(32)26(2,3)4/h5-17,25,28H,18H2,1-4H3/b27-24-/t25-,35+/m0/s1. The molecular formula is C26H29N3O5S2. The van der Waals surface area contributed by atoms with E-state index in [4.69, 9.17) is 0 Å². The molecule has 0 aliphatic heterocycles. The number of non-ortho nitro benzene ring substituents is 1. The maximum Gasteiger partial charge on any atom is 0.269 e. The first-order valence-corrected chi connectivity index (χ1v) is 13.8. The zero-order valence-corrected chi connectivity index (χ0v) is 22.2. The molecule has 0 unspecified atom stereocenters. The zero-order valence-electron chi connectivity index (χ0n) is 20.5. The lowest BCUT2D eigenvalue weighted by Gasteiger charge is -2.22. The topological polar surface area (TPSA) is 119 Å².